The second kappa shape index (κ2) is 16.1. The molecule has 0 saturated carbocycles. The zero-order valence-corrected chi connectivity index (χ0v) is 31.2. The lowest BCUT2D eigenvalue weighted by Gasteiger charge is -2.15. The summed E-state index contributed by atoms with van der Waals surface area (Å²) >= 11 is 0. The van der Waals surface area contributed by atoms with Gasteiger partial charge in [0.15, 0.2) is 0 Å². The van der Waals surface area contributed by atoms with E-state index in [1.165, 1.54) is 0 Å². The number of urea groups is 1. The number of aromatic nitrogens is 5. The maximum atomic E-state index is 13.6. The third kappa shape index (κ3) is 8.29. The minimum absolute atomic E-state index is 0.230. The van der Waals surface area contributed by atoms with Crippen molar-refractivity contribution in [3.05, 3.63) is 115 Å². The van der Waals surface area contributed by atoms with Crippen molar-refractivity contribution in [2.45, 2.75) is 39.5 Å². The second-order valence-corrected chi connectivity index (χ2v) is 13.7. The fraction of sp³-hybridized carbons (Fsp3) is 0.238. The number of nitrogens with one attached hydrogen (secondary N) is 4. The van der Waals surface area contributed by atoms with Crippen molar-refractivity contribution in [2.75, 3.05) is 43.2 Å². The van der Waals surface area contributed by atoms with E-state index in [0.29, 0.717) is 35.4 Å². The number of carbonyl (C=O) groups excluding carboxylic acids is 1. The van der Waals surface area contributed by atoms with Gasteiger partial charge in [-0.25, -0.2) is 14.5 Å². The van der Waals surface area contributed by atoms with Gasteiger partial charge in [0.2, 0.25) is 0 Å². The first-order valence-corrected chi connectivity index (χ1v) is 18.2. The Labute approximate surface area is 314 Å². The number of hydrogen-bond acceptors (Lipinski definition) is 8. The largest absolute Gasteiger partial charge is 0.492 e. The predicted molar refractivity (Wildman–Crippen MR) is 216 cm³/mol. The SMILES string of the molecule is CCCC(C)c1cc(NC(=O)Nc2ccc(Oc3ccnc(Nc4cc(C)c5[nH]ncc5c4)c3)c3ccccc23)n(-c2ccc(OCCN(C)C)cc2)n1. The van der Waals surface area contributed by atoms with E-state index >= 15 is 0 Å². The van der Waals surface area contributed by atoms with E-state index in [4.69, 9.17) is 14.6 Å². The number of nitrogens with zero attached hydrogens (tertiary/aromatic N) is 5. The lowest BCUT2D eigenvalue weighted by Crippen LogP contribution is -2.21. The minimum atomic E-state index is -0.387. The second-order valence-electron chi connectivity index (χ2n) is 13.7. The van der Waals surface area contributed by atoms with E-state index < -0.39 is 0 Å². The van der Waals surface area contributed by atoms with Crippen molar-refractivity contribution >= 4 is 50.7 Å². The zero-order chi connectivity index (χ0) is 37.6. The molecule has 7 aromatic rings. The fourth-order valence-corrected chi connectivity index (χ4v) is 6.40. The molecule has 0 fully saturated rings. The molecule has 12 nitrogen and oxygen atoms in total. The van der Waals surface area contributed by atoms with Crippen LogP contribution in [0.4, 0.5) is 27.8 Å². The molecule has 1 atom stereocenters. The number of rotatable bonds is 14. The number of fused-ring (bicyclic) bond motifs is 2. The van der Waals surface area contributed by atoms with Gasteiger partial charge >= 0.3 is 6.03 Å². The molecule has 12 heteroatoms. The highest BCUT2D eigenvalue weighted by Gasteiger charge is 2.18. The van der Waals surface area contributed by atoms with E-state index in [-0.39, 0.29) is 11.9 Å². The smallest absolute Gasteiger partial charge is 0.324 e. The molecule has 3 heterocycles. The number of benzene rings is 4. The number of amides is 2. The number of H-pyrrole nitrogens is 1. The van der Waals surface area contributed by atoms with Crippen molar-refractivity contribution in [2.24, 2.45) is 0 Å². The summed E-state index contributed by atoms with van der Waals surface area (Å²) in [6.45, 7) is 7.77. The number of pyridine rings is 1. The van der Waals surface area contributed by atoms with Crippen LogP contribution in [0, 0.1) is 6.92 Å². The van der Waals surface area contributed by atoms with E-state index in [2.05, 4.69) is 49.9 Å². The molecule has 2 amide bonds. The zero-order valence-electron chi connectivity index (χ0n) is 31.2. The quantitative estimate of drug-likeness (QED) is 0.0872. The first kappa shape index (κ1) is 36.0. The molecule has 0 aliphatic heterocycles. The first-order valence-electron chi connectivity index (χ1n) is 18.2. The van der Waals surface area contributed by atoms with Gasteiger partial charge in [0.05, 0.1) is 28.8 Å². The van der Waals surface area contributed by atoms with Crippen LogP contribution in [0.15, 0.2) is 103 Å². The highest BCUT2D eigenvalue weighted by Crippen LogP contribution is 2.36. The molecule has 54 heavy (non-hydrogen) atoms. The summed E-state index contributed by atoms with van der Waals surface area (Å²) in [5, 5.41) is 24.3. The maximum Gasteiger partial charge on any atom is 0.324 e. The molecule has 3 aromatic heterocycles. The van der Waals surface area contributed by atoms with Gasteiger partial charge in [0, 0.05) is 52.6 Å². The average molecular weight is 724 g/mol. The van der Waals surface area contributed by atoms with Gasteiger partial charge in [0.25, 0.3) is 0 Å². The molecule has 0 spiro atoms. The molecular weight excluding hydrogens is 679 g/mol. The number of ether oxygens (including phenoxy) is 2. The summed E-state index contributed by atoms with van der Waals surface area (Å²) in [5.74, 6) is 3.48. The van der Waals surface area contributed by atoms with Gasteiger partial charge < -0.3 is 25.0 Å². The Bertz CT molecular complexity index is 2380. The van der Waals surface area contributed by atoms with Crippen molar-refractivity contribution in [1.82, 2.24) is 29.9 Å². The highest BCUT2D eigenvalue weighted by atomic mass is 16.5. The summed E-state index contributed by atoms with van der Waals surface area (Å²) in [5.41, 5.74) is 5.36. The molecule has 7 rings (SSSR count). The number of aryl methyl sites for hydroxylation is 1. The molecule has 276 valence electrons. The van der Waals surface area contributed by atoms with E-state index in [0.717, 1.165) is 69.4 Å². The molecule has 0 bridgehead atoms. The Hall–Kier alpha value is -6.40. The molecule has 0 radical (unpaired) electrons. The van der Waals surface area contributed by atoms with Crippen molar-refractivity contribution in [3.63, 3.8) is 0 Å². The van der Waals surface area contributed by atoms with E-state index in [1.54, 1.807) is 17.1 Å². The third-order valence-corrected chi connectivity index (χ3v) is 9.19. The number of likely N-dealkylation sites (N-methyl/N-ethyl adjacent to an activating group) is 1. The Morgan fingerprint density at radius 3 is 2.56 bits per heavy atom. The van der Waals surface area contributed by atoms with Crippen molar-refractivity contribution < 1.29 is 14.3 Å². The number of aromatic amines is 1. The van der Waals surface area contributed by atoms with Crippen LogP contribution in [0.1, 0.15) is 43.9 Å². The van der Waals surface area contributed by atoms with Crippen molar-refractivity contribution in [1.29, 1.82) is 0 Å². The van der Waals surface area contributed by atoms with Crippen LogP contribution < -0.4 is 25.4 Å². The molecular formula is C42H45N9O3. The third-order valence-electron chi connectivity index (χ3n) is 9.19. The Kier molecular flexibility index (Phi) is 10.7. The molecule has 0 aliphatic carbocycles. The summed E-state index contributed by atoms with van der Waals surface area (Å²) in [6.07, 6.45) is 5.53. The normalized spacial score (nSPS) is 11.9. The average Bonchev–Trinajstić information content (AvgIpc) is 3.81. The molecule has 4 N–H and O–H groups in total. The monoisotopic (exact) mass is 723 g/mol. The van der Waals surface area contributed by atoms with Gasteiger partial charge in [-0.3, -0.25) is 10.4 Å². The van der Waals surface area contributed by atoms with Crippen molar-refractivity contribution in [3.8, 4) is 22.9 Å². The molecule has 1 unspecified atom stereocenters. The Balaban J connectivity index is 1.08. The predicted octanol–water partition coefficient (Wildman–Crippen LogP) is 9.63. The Morgan fingerprint density at radius 2 is 1.76 bits per heavy atom. The van der Waals surface area contributed by atoms with Crippen LogP contribution in [-0.4, -0.2) is 63.1 Å². The molecule has 0 aliphatic rings. The van der Waals surface area contributed by atoms with Gasteiger partial charge in [-0.2, -0.15) is 10.2 Å². The van der Waals surface area contributed by atoms with E-state index in [9.17, 15) is 4.79 Å². The van der Waals surface area contributed by atoms with Gasteiger partial charge in [-0.1, -0.05) is 44.5 Å². The summed E-state index contributed by atoms with van der Waals surface area (Å²) in [7, 11) is 4.03. The fourth-order valence-electron chi connectivity index (χ4n) is 6.40. The standard InChI is InChI=1S/C42H45N9O3/c1-6-9-27(2)37-25-40(51(49-37)31-12-14-32(15-13-31)53-21-20-50(4)5)47-42(52)46-36-16-17-38(35-11-8-7-10-34(35)36)54-33-18-19-43-39(24-33)45-30-22-28(3)41-29(23-30)26-44-48-41/h7-8,10-19,22-27H,6,9,20-21H2,1-5H3,(H,43,45)(H,44,48)(H2,46,47,52). The van der Waals surface area contributed by atoms with Gasteiger partial charge in [-0.05, 0) is 87.6 Å². The van der Waals surface area contributed by atoms with Crippen LogP contribution >= 0.6 is 0 Å². The first-order chi connectivity index (χ1) is 26.2. The van der Waals surface area contributed by atoms with E-state index in [1.807, 2.05) is 112 Å². The lowest BCUT2D eigenvalue weighted by molar-refractivity contribution is 0.261. The number of carbonyl (C=O) groups is 1. The van der Waals surface area contributed by atoms with Crippen LogP contribution in [0.3, 0.4) is 0 Å². The topological polar surface area (TPSA) is 134 Å². The summed E-state index contributed by atoms with van der Waals surface area (Å²) in [6, 6.07) is 28.6. The Morgan fingerprint density at radius 1 is 0.944 bits per heavy atom. The van der Waals surface area contributed by atoms with Gasteiger partial charge in [0.1, 0.15) is 35.5 Å². The van der Waals surface area contributed by atoms with Gasteiger partial charge in [-0.15, -0.1) is 0 Å². The summed E-state index contributed by atoms with van der Waals surface area (Å²) in [4.78, 5) is 20.2. The van der Waals surface area contributed by atoms with Crippen LogP contribution in [0.25, 0.3) is 27.4 Å². The minimum Gasteiger partial charge on any atom is -0.492 e. The van der Waals surface area contributed by atoms with Crippen LogP contribution in [0.2, 0.25) is 0 Å². The number of hydrogen-bond donors (Lipinski definition) is 4. The van der Waals surface area contributed by atoms with Crippen LogP contribution in [-0.2, 0) is 0 Å². The molecule has 0 saturated heterocycles. The molecule has 4 aromatic carbocycles. The maximum absolute atomic E-state index is 13.6. The lowest BCUT2D eigenvalue weighted by atomic mass is 10.0. The number of anilines is 4. The highest BCUT2D eigenvalue weighted by molar-refractivity contribution is 6.07. The van der Waals surface area contributed by atoms with Crippen LogP contribution in [0.5, 0.6) is 17.2 Å². The summed E-state index contributed by atoms with van der Waals surface area (Å²) < 4.78 is 14.1.